The van der Waals surface area contributed by atoms with E-state index in [1.165, 1.54) is 33.9 Å². The Balaban J connectivity index is 1.93. The Morgan fingerprint density at radius 2 is 1.30 bits per heavy atom. The zero-order chi connectivity index (χ0) is 15.2. The molecule has 0 atom stereocenters. The maximum absolute atomic E-state index is 2.31. The minimum atomic E-state index is 0.933. The molecular weight excluding hydrogens is 280 g/mol. The average molecular weight is 296 g/mol. The second-order valence-electron chi connectivity index (χ2n) is 5.96. The highest BCUT2D eigenvalue weighted by Crippen LogP contribution is 2.33. The summed E-state index contributed by atoms with van der Waals surface area (Å²) in [4.78, 5) is 0. The molecule has 0 amide bonds. The van der Waals surface area contributed by atoms with E-state index in [-0.39, 0.29) is 0 Å². The smallest absolute Gasteiger partial charge is 0.0696 e. The van der Waals surface area contributed by atoms with Gasteiger partial charge in [0.1, 0.15) is 0 Å². The molecule has 2 aromatic carbocycles. The molecule has 2 nitrogen and oxygen atoms in total. The predicted molar refractivity (Wildman–Crippen MR) is 93.3 cm³/mol. The molecule has 1 aliphatic rings. The monoisotopic (exact) mass is 296 g/mol. The van der Waals surface area contributed by atoms with Crippen molar-refractivity contribution in [3.8, 4) is 22.6 Å². The van der Waals surface area contributed by atoms with Gasteiger partial charge in [-0.25, -0.2) is 0 Å². The van der Waals surface area contributed by atoms with Crippen LogP contribution >= 0.6 is 0 Å². The zero-order valence-corrected chi connectivity index (χ0v) is 12.7. The number of nitrogens with zero attached hydrogens (tertiary/aromatic N) is 2. The summed E-state index contributed by atoms with van der Waals surface area (Å²) in [5.74, 6) is 0. The molecule has 0 unspecified atom stereocenters. The first-order valence-corrected chi connectivity index (χ1v) is 7.93. The Kier molecular flexibility index (Phi) is 2.59. The number of rotatable bonds is 0. The van der Waals surface area contributed by atoms with Crippen molar-refractivity contribution in [3.63, 3.8) is 0 Å². The van der Waals surface area contributed by atoms with Crippen LogP contribution in [-0.4, -0.2) is 9.13 Å². The fourth-order valence-electron chi connectivity index (χ4n) is 3.60. The van der Waals surface area contributed by atoms with E-state index in [1.807, 2.05) is 0 Å². The van der Waals surface area contributed by atoms with Crippen LogP contribution < -0.4 is 0 Å². The van der Waals surface area contributed by atoms with Crippen LogP contribution in [-0.2, 0) is 6.42 Å². The van der Waals surface area contributed by atoms with Gasteiger partial charge in [0.2, 0.25) is 0 Å². The molecule has 2 aromatic heterocycles. The van der Waals surface area contributed by atoms with Gasteiger partial charge in [0, 0.05) is 30.1 Å². The lowest BCUT2D eigenvalue weighted by Crippen LogP contribution is -2.03. The normalized spacial score (nSPS) is 12.2. The summed E-state index contributed by atoms with van der Waals surface area (Å²) in [5.41, 5.74) is 7.66. The molecule has 4 aromatic rings. The van der Waals surface area contributed by atoms with E-state index in [0.29, 0.717) is 0 Å². The van der Waals surface area contributed by atoms with Crippen LogP contribution in [0.2, 0.25) is 0 Å². The Labute approximate surface area is 135 Å². The summed E-state index contributed by atoms with van der Waals surface area (Å²) < 4.78 is 4.60. The summed E-state index contributed by atoms with van der Waals surface area (Å²) in [6.45, 7) is 0. The minimum absolute atomic E-state index is 0.933. The first-order chi connectivity index (χ1) is 11.4. The lowest BCUT2D eigenvalue weighted by molar-refractivity contribution is 0.948. The van der Waals surface area contributed by atoms with Crippen molar-refractivity contribution in [3.05, 3.63) is 96.4 Å². The van der Waals surface area contributed by atoms with Crippen molar-refractivity contribution >= 4 is 0 Å². The van der Waals surface area contributed by atoms with E-state index in [2.05, 4.69) is 94.3 Å². The van der Waals surface area contributed by atoms with Crippen molar-refractivity contribution < 1.29 is 0 Å². The second kappa shape index (κ2) is 4.75. The number of benzene rings is 2. The summed E-state index contributed by atoms with van der Waals surface area (Å²) in [6.07, 6.45) is 5.24. The highest BCUT2D eigenvalue weighted by Gasteiger charge is 2.17. The number of aromatic nitrogens is 2. The fourth-order valence-corrected chi connectivity index (χ4v) is 3.60. The molecule has 2 heteroatoms. The largest absolute Gasteiger partial charge is 0.319 e. The lowest BCUT2D eigenvalue weighted by Gasteiger charge is -2.15. The van der Waals surface area contributed by atoms with Gasteiger partial charge in [-0.2, -0.15) is 0 Å². The van der Waals surface area contributed by atoms with Crippen LogP contribution in [0, 0.1) is 0 Å². The average Bonchev–Trinajstić information content (AvgIpc) is 3.24. The minimum Gasteiger partial charge on any atom is -0.319 e. The molecule has 23 heavy (non-hydrogen) atoms. The molecule has 0 fully saturated rings. The maximum Gasteiger partial charge on any atom is 0.0696 e. The molecule has 0 bridgehead atoms. The molecule has 0 radical (unpaired) electrons. The summed E-state index contributed by atoms with van der Waals surface area (Å²) in [6, 6.07) is 26.0. The standard InChI is InChI=1S/C21H16N2/c1-2-9-18-16(7-1)15-17-8-5-13-22(17)20-10-3-4-11-21(20)23-14-6-12-19(18)23/h1-14H,15H2. The number of fused-ring (bicyclic) bond motifs is 7. The van der Waals surface area contributed by atoms with E-state index in [9.17, 15) is 0 Å². The van der Waals surface area contributed by atoms with Crippen molar-refractivity contribution in [2.45, 2.75) is 6.42 Å². The second-order valence-corrected chi connectivity index (χ2v) is 5.96. The van der Waals surface area contributed by atoms with Gasteiger partial charge >= 0.3 is 0 Å². The van der Waals surface area contributed by atoms with Crippen LogP contribution in [0.3, 0.4) is 0 Å². The molecule has 1 aliphatic heterocycles. The summed E-state index contributed by atoms with van der Waals surface area (Å²) >= 11 is 0. The molecule has 0 N–H and O–H groups in total. The summed E-state index contributed by atoms with van der Waals surface area (Å²) in [5, 5.41) is 0. The Bertz CT molecular complexity index is 1000. The van der Waals surface area contributed by atoms with Crippen LogP contribution in [0.1, 0.15) is 11.3 Å². The molecule has 0 spiro atoms. The molecular formula is C21H16N2. The molecule has 0 saturated carbocycles. The third-order valence-electron chi connectivity index (χ3n) is 4.65. The molecule has 5 rings (SSSR count). The van der Waals surface area contributed by atoms with Crippen molar-refractivity contribution in [2.75, 3.05) is 0 Å². The SMILES string of the molecule is c1ccc2c(c1)Cc1cccn1-c1ccccc1-n1cccc1-2. The predicted octanol–water partition coefficient (Wildman–Crippen LogP) is 4.84. The number of para-hydroxylation sites is 2. The molecule has 3 heterocycles. The van der Waals surface area contributed by atoms with Gasteiger partial charge in [-0.05, 0) is 42.0 Å². The topological polar surface area (TPSA) is 9.86 Å². The van der Waals surface area contributed by atoms with Gasteiger partial charge in [0.05, 0.1) is 17.1 Å². The van der Waals surface area contributed by atoms with Gasteiger partial charge in [0.25, 0.3) is 0 Å². The van der Waals surface area contributed by atoms with Crippen molar-refractivity contribution in [2.24, 2.45) is 0 Å². The van der Waals surface area contributed by atoms with E-state index in [0.717, 1.165) is 6.42 Å². The third-order valence-corrected chi connectivity index (χ3v) is 4.65. The molecule has 0 aliphatic carbocycles. The van der Waals surface area contributed by atoms with Crippen molar-refractivity contribution in [1.82, 2.24) is 9.13 Å². The highest BCUT2D eigenvalue weighted by molar-refractivity contribution is 5.70. The van der Waals surface area contributed by atoms with E-state index in [1.54, 1.807) is 0 Å². The van der Waals surface area contributed by atoms with Crippen LogP contribution in [0.4, 0.5) is 0 Å². The van der Waals surface area contributed by atoms with Crippen LogP contribution in [0.5, 0.6) is 0 Å². The van der Waals surface area contributed by atoms with Gasteiger partial charge in [0.15, 0.2) is 0 Å². The van der Waals surface area contributed by atoms with E-state index in [4.69, 9.17) is 0 Å². The Morgan fingerprint density at radius 3 is 2.22 bits per heavy atom. The summed E-state index contributed by atoms with van der Waals surface area (Å²) in [7, 11) is 0. The maximum atomic E-state index is 2.31. The zero-order valence-electron chi connectivity index (χ0n) is 12.7. The lowest BCUT2D eigenvalue weighted by atomic mass is 10.0. The Hall–Kier alpha value is -3.00. The number of hydrogen-bond donors (Lipinski definition) is 0. The van der Waals surface area contributed by atoms with Gasteiger partial charge < -0.3 is 9.13 Å². The first kappa shape index (κ1) is 12.5. The quantitative estimate of drug-likeness (QED) is 0.387. The van der Waals surface area contributed by atoms with E-state index < -0.39 is 0 Å². The van der Waals surface area contributed by atoms with Gasteiger partial charge in [-0.15, -0.1) is 0 Å². The molecule has 110 valence electrons. The van der Waals surface area contributed by atoms with Gasteiger partial charge in [-0.1, -0.05) is 36.4 Å². The van der Waals surface area contributed by atoms with Gasteiger partial charge in [-0.3, -0.25) is 0 Å². The number of hydrogen-bond acceptors (Lipinski definition) is 0. The van der Waals surface area contributed by atoms with Crippen LogP contribution in [0.15, 0.2) is 85.2 Å². The first-order valence-electron chi connectivity index (χ1n) is 7.93. The fraction of sp³-hybridized carbons (Fsp3) is 0.0476. The third kappa shape index (κ3) is 1.82. The van der Waals surface area contributed by atoms with Crippen LogP contribution in [0.25, 0.3) is 22.6 Å². The highest BCUT2D eigenvalue weighted by atomic mass is 15.1. The Morgan fingerprint density at radius 1 is 0.609 bits per heavy atom. The molecule has 0 saturated heterocycles. The van der Waals surface area contributed by atoms with Crippen molar-refractivity contribution in [1.29, 1.82) is 0 Å². The van der Waals surface area contributed by atoms with E-state index >= 15 is 0 Å².